The van der Waals surface area contributed by atoms with Crippen LogP contribution in [0.15, 0.2) is 24.3 Å². The van der Waals surface area contributed by atoms with Crippen LogP contribution in [0, 0.1) is 13.8 Å². The molecule has 1 amide bonds. The van der Waals surface area contributed by atoms with Gasteiger partial charge in [0.1, 0.15) is 13.2 Å². The Morgan fingerprint density at radius 1 is 1.00 bits per heavy atom. The molecule has 8 nitrogen and oxygen atoms in total. The normalized spacial score (nSPS) is 16.3. The molecular weight excluding hydrogens is 398 g/mol. The standard InChI is InChI=1S/C23H29N3O5/c1-4-29-23(28)25-9-7-24(8-10-25)15-20(27)19-13-16(2)26(17(19)3)18-5-6-21-22(14-18)31-12-11-30-21/h5-6,13-14H,4,7-12,15H2,1-3H3. The van der Waals surface area contributed by atoms with E-state index in [1.54, 1.807) is 11.8 Å². The Bertz CT molecular complexity index is 976. The highest BCUT2D eigenvalue weighted by Crippen LogP contribution is 2.33. The molecule has 1 aromatic carbocycles. The number of benzene rings is 1. The smallest absolute Gasteiger partial charge is 0.409 e. The lowest BCUT2D eigenvalue weighted by molar-refractivity contribution is 0.0733. The Morgan fingerprint density at radius 2 is 1.71 bits per heavy atom. The number of hydrogen-bond acceptors (Lipinski definition) is 6. The Balaban J connectivity index is 1.45. The number of rotatable bonds is 5. The molecule has 1 aromatic heterocycles. The first-order valence-corrected chi connectivity index (χ1v) is 10.7. The average Bonchev–Trinajstić information content (AvgIpc) is 3.08. The van der Waals surface area contributed by atoms with Crippen LogP contribution in [0.2, 0.25) is 0 Å². The average molecular weight is 428 g/mol. The lowest BCUT2D eigenvalue weighted by Crippen LogP contribution is -2.50. The Morgan fingerprint density at radius 3 is 2.42 bits per heavy atom. The molecule has 166 valence electrons. The summed E-state index contributed by atoms with van der Waals surface area (Å²) < 4.78 is 18.5. The van der Waals surface area contributed by atoms with E-state index in [-0.39, 0.29) is 11.9 Å². The van der Waals surface area contributed by atoms with E-state index in [9.17, 15) is 9.59 Å². The van der Waals surface area contributed by atoms with Crippen molar-refractivity contribution in [1.29, 1.82) is 0 Å². The zero-order valence-electron chi connectivity index (χ0n) is 18.3. The van der Waals surface area contributed by atoms with Crippen molar-refractivity contribution in [2.45, 2.75) is 20.8 Å². The zero-order valence-corrected chi connectivity index (χ0v) is 18.3. The number of carbonyl (C=O) groups excluding carboxylic acids is 2. The molecule has 0 atom stereocenters. The molecule has 31 heavy (non-hydrogen) atoms. The van der Waals surface area contributed by atoms with Crippen LogP contribution in [0.3, 0.4) is 0 Å². The number of aryl methyl sites for hydroxylation is 1. The fraction of sp³-hybridized carbons (Fsp3) is 0.478. The number of piperazine rings is 1. The van der Waals surface area contributed by atoms with Gasteiger partial charge < -0.3 is 23.7 Å². The van der Waals surface area contributed by atoms with Gasteiger partial charge in [-0.25, -0.2) is 4.79 Å². The molecule has 2 aliphatic rings. The van der Waals surface area contributed by atoms with Crippen LogP contribution in [-0.4, -0.2) is 78.8 Å². The van der Waals surface area contributed by atoms with Crippen LogP contribution < -0.4 is 9.47 Å². The van der Waals surface area contributed by atoms with Crippen LogP contribution in [0.4, 0.5) is 4.79 Å². The Hall–Kier alpha value is -3.00. The van der Waals surface area contributed by atoms with Crippen LogP contribution in [-0.2, 0) is 4.74 Å². The molecule has 2 aromatic rings. The summed E-state index contributed by atoms with van der Waals surface area (Å²) in [6.45, 7) is 10.0. The molecule has 0 N–H and O–H groups in total. The molecule has 1 saturated heterocycles. The highest BCUT2D eigenvalue weighted by Gasteiger charge is 2.25. The first-order valence-electron chi connectivity index (χ1n) is 10.7. The molecule has 8 heteroatoms. The van der Waals surface area contributed by atoms with Gasteiger partial charge in [0.2, 0.25) is 0 Å². The minimum absolute atomic E-state index is 0.0847. The SMILES string of the molecule is CCOC(=O)N1CCN(CC(=O)c2cc(C)n(-c3ccc4c(c3)OCCO4)c2C)CC1. The minimum atomic E-state index is -0.281. The van der Waals surface area contributed by atoms with Gasteiger partial charge in [-0.2, -0.15) is 0 Å². The molecule has 0 bridgehead atoms. The summed E-state index contributed by atoms with van der Waals surface area (Å²) >= 11 is 0. The van der Waals surface area contributed by atoms with E-state index in [0.29, 0.717) is 52.5 Å². The fourth-order valence-electron chi connectivity index (χ4n) is 4.21. The molecule has 3 heterocycles. The lowest BCUT2D eigenvalue weighted by atomic mass is 10.1. The number of Topliss-reactive ketones (excluding diaryl/α,β-unsaturated/α-hetero) is 1. The molecule has 0 spiro atoms. The van der Waals surface area contributed by atoms with Crippen molar-refractivity contribution in [2.24, 2.45) is 0 Å². The van der Waals surface area contributed by atoms with E-state index in [4.69, 9.17) is 14.2 Å². The van der Waals surface area contributed by atoms with Crippen molar-refractivity contribution in [1.82, 2.24) is 14.4 Å². The van der Waals surface area contributed by atoms with Gasteiger partial charge in [0.25, 0.3) is 0 Å². The predicted molar refractivity (Wildman–Crippen MR) is 116 cm³/mol. The van der Waals surface area contributed by atoms with Crippen LogP contribution in [0.5, 0.6) is 11.5 Å². The third kappa shape index (κ3) is 4.39. The highest BCUT2D eigenvalue weighted by atomic mass is 16.6. The second kappa shape index (κ2) is 9.01. The van der Waals surface area contributed by atoms with Gasteiger partial charge in [-0.3, -0.25) is 9.69 Å². The van der Waals surface area contributed by atoms with Crippen LogP contribution in [0.25, 0.3) is 5.69 Å². The Labute approximate surface area is 182 Å². The van der Waals surface area contributed by atoms with E-state index in [2.05, 4.69) is 9.47 Å². The topological polar surface area (TPSA) is 73.2 Å². The van der Waals surface area contributed by atoms with Gasteiger partial charge >= 0.3 is 6.09 Å². The maximum absolute atomic E-state index is 13.1. The van der Waals surface area contributed by atoms with Crippen molar-refractivity contribution in [3.8, 4) is 17.2 Å². The second-order valence-corrected chi connectivity index (χ2v) is 7.83. The van der Waals surface area contributed by atoms with Crippen molar-refractivity contribution in [3.63, 3.8) is 0 Å². The number of ketones is 1. The van der Waals surface area contributed by atoms with Crippen molar-refractivity contribution in [2.75, 3.05) is 52.5 Å². The largest absolute Gasteiger partial charge is 0.486 e. The number of ether oxygens (including phenoxy) is 3. The third-order valence-electron chi connectivity index (χ3n) is 5.78. The van der Waals surface area contributed by atoms with Crippen molar-refractivity contribution >= 4 is 11.9 Å². The highest BCUT2D eigenvalue weighted by molar-refractivity contribution is 5.99. The molecule has 0 radical (unpaired) electrons. The summed E-state index contributed by atoms with van der Waals surface area (Å²) in [6, 6.07) is 7.80. The van der Waals surface area contributed by atoms with Crippen LogP contribution >= 0.6 is 0 Å². The molecule has 1 fully saturated rings. The maximum Gasteiger partial charge on any atom is 0.409 e. The number of amides is 1. The van der Waals surface area contributed by atoms with E-state index in [1.165, 1.54) is 0 Å². The van der Waals surface area contributed by atoms with Gasteiger partial charge in [0.05, 0.1) is 13.2 Å². The predicted octanol–water partition coefficient (Wildman–Crippen LogP) is 2.82. The van der Waals surface area contributed by atoms with Gasteiger partial charge in [0.15, 0.2) is 17.3 Å². The van der Waals surface area contributed by atoms with E-state index in [0.717, 1.165) is 34.1 Å². The van der Waals surface area contributed by atoms with E-state index >= 15 is 0 Å². The molecule has 4 rings (SSSR count). The van der Waals surface area contributed by atoms with E-state index < -0.39 is 0 Å². The Kier molecular flexibility index (Phi) is 6.18. The number of hydrogen-bond donors (Lipinski definition) is 0. The summed E-state index contributed by atoms with van der Waals surface area (Å²) in [5, 5.41) is 0. The number of fused-ring (bicyclic) bond motifs is 1. The molecule has 0 saturated carbocycles. The fourth-order valence-corrected chi connectivity index (χ4v) is 4.21. The summed E-state index contributed by atoms with van der Waals surface area (Å²) in [4.78, 5) is 28.7. The lowest BCUT2D eigenvalue weighted by Gasteiger charge is -2.33. The molecule has 2 aliphatic heterocycles. The zero-order chi connectivity index (χ0) is 22.0. The number of nitrogens with zero attached hydrogens (tertiary/aromatic N) is 3. The number of carbonyl (C=O) groups is 2. The monoisotopic (exact) mass is 427 g/mol. The second-order valence-electron chi connectivity index (χ2n) is 7.83. The maximum atomic E-state index is 13.1. The van der Waals surface area contributed by atoms with Gasteiger partial charge in [0, 0.05) is 54.9 Å². The molecule has 0 unspecified atom stereocenters. The number of aromatic nitrogens is 1. The third-order valence-corrected chi connectivity index (χ3v) is 5.78. The quantitative estimate of drug-likeness (QED) is 0.684. The first kappa shape index (κ1) is 21.2. The van der Waals surface area contributed by atoms with Gasteiger partial charge in [-0.1, -0.05) is 0 Å². The van der Waals surface area contributed by atoms with Gasteiger partial charge in [-0.05, 0) is 39.0 Å². The van der Waals surface area contributed by atoms with E-state index in [1.807, 2.05) is 38.1 Å². The van der Waals surface area contributed by atoms with Crippen molar-refractivity contribution < 1.29 is 23.8 Å². The summed E-state index contributed by atoms with van der Waals surface area (Å²) in [5.41, 5.74) is 3.57. The molecule has 0 aliphatic carbocycles. The first-order chi connectivity index (χ1) is 15.0. The van der Waals surface area contributed by atoms with Crippen molar-refractivity contribution in [3.05, 3.63) is 41.2 Å². The van der Waals surface area contributed by atoms with Crippen LogP contribution in [0.1, 0.15) is 28.7 Å². The minimum Gasteiger partial charge on any atom is -0.486 e. The summed E-state index contributed by atoms with van der Waals surface area (Å²) in [5.74, 6) is 1.56. The van der Waals surface area contributed by atoms with Gasteiger partial charge in [-0.15, -0.1) is 0 Å². The molecular formula is C23H29N3O5. The summed E-state index contributed by atoms with van der Waals surface area (Å²) in [7, 11) is 0. The summed E-state index contributed by atoms with van der Waals surface area (Å²) in [6.07, 6.45) is -0.281.